The summed E-state index contributed by atoms with van der Waals surface area (Å²) in [5.74, 6) is -3.94. The van der Waals surface area contributed by atoms with Gasteiger partial charge in [-0.25, -0.2) is 21.9 Å². The molecule has 1 aromatic carbocycles. The van der Waals surface area contributed by atoms with Crippen LogP contribution in [0.2, 0.25) is 0 Å². The molecule has 2 rings (SSSR count). The lowest BCUT2D eigenvalue weighted by molar-refractivity contribution is -0.131. The fraction of sp³-hybridized carbons (Fsp3) is 0.429. The Kier molecular flexibility index (Phi) is 4.98. The highest BCUT2D eigenvalue weighted by Gasteiger charge is 2.29. The average Bonchev–Trinajstić information content (AvgIpc) is 2.39. The number of rotatable bonds is 5. The number of amides is 2. The van der Waals surface area contributed by atoms with Gasteiger partial charge in [-0.1, -0.05) is 6.42 Å². The van der Waals surface area contributed by atoms with Gasteiger partial charge in [-0.05, 0) is 38.0 Å². The summed E-state index contributed by atoms with van der Waals surface area (Å²) in [5, 5.41) is 2.43. The zero-order chi connectivity index (χ0) is 17.2. The minimum absolute atomic E-state index is 0.145. The molecule has 1 aliphatic carbocycles. The quantitative estimate of drug-likeness (QED) is 0.834. The summed E-state index contributed by atoms with van der Waals surface area (Å²) in [6, 6.07) is 0.896. The van der Waals surface area contributed by atoms with Crippen LogP contribution in [0.15, 0.2) is 23.1 Å². The van der Waals surface area contributed by atoms with Crippen molar-refractivity contribution in [2.75, 3.05) is 0 Å². The molecule has 126 valence electrons. The zero-order valence-corrected chi connectivity index (χ0v) is 13.1. The lowest BCUT2D eigenvalue weighted by Crippen LogP contribution is -2.49. The molecule has 1 fully saturated rings. The van der Waals surface area contributed by atoms with Crippen molar-refractivity contribution in [3.63, 3.8) is 0 Å². The van der Waals surface area contributed by atoms with Crippen molar-refractivity contribution in [3.8, 4) is 0 Å². The smallest absolute Gasteiger partial charge is 0.264 e. The number of hydrogen-bond donors (Lipinski definition) is 2. The highest BCUT2D eigenvalue weighted by Crippen LogP contribution is 2.26. The molecule has 0 radical (unpaired) electrons. The van der Waals surface area contributed by atoms with Crippen LogP contribution >= 0.6 is 0 Å². The van der Waals surface area contributed by atoms with E-state index in [4.69, 9.17) is 0 Å². The SMILES string of the molecule is CC(NC(=O)C1CCC1)C(=O)NS(=O)(=O)c1ccc(F)c(F)c1. The van der Waals surface area contributed by atoms with Gasteiger partial charge in [0.25, 0.3) is 15.9 Å². The molecule has 23 heavy (non-hydrogen) atoms. The van der Waals surface area contributed by atoms with Crippen molar-refractivity contribution < 1.29 is 26.8 Å². The van der Waals surface area contributed by atoms with Gasteiger partial charge in [-0.2, -0.15) is 0 Å². The molecule has 0 aromatic heterocycles. The Morgan fingerprint density at radius 1 is 1.22 bits per heavy atom. The van der Waals surface area contributed by atoms with Crippen LogP contribution in [-0.2, 0) is 19.6 Å². The Hall–Kier alpha value is -2.03. The van der Waals surface area contributed by atoms with Gasteiger partial charge in [0, 0.05) is 5.92 Å². The second-order valence-electron chi connectivity index (χ2n) is 5.40. The molecule has 6 nitrogen and oxygen atoms in total. The lowest BCUT2D eigenvalue weighted by atomic mass is 9.84. The number of benzene rings is 1. The molecule has 0 aliphatic heterocycles. The fourth-order valence-corrected chi connectivity index (χ4v) is 3.06. The van der Waals surface area contributed by atoms with Gasteiger partial charge in [0.15, 0.2) is 11.6 Å². The Morgan fingerprint density at radius 3 is 2.39 bits per heavy atom. The monoisotopic (exact) mass is 346 g/mol. The maximum Gasteiger partial charge on any atom is 0.264 e. The summed E-state index contributed by atoms with van der Waals surface area (Å²) in [4.78, 5) is 23.0. The van der Waals surface area contributed by atoms with Crippen LogP contribution in [0.3, 0.4) is 0 Å². The molecule has 2 N–H and O–H groups in total. The van der Waals surface area contributed by atoms with E-state index in [1.54, 1.807) is 4.72 Å². The van der Waals surface area contributed by atoms with Crippen molar-refractivity contribution in [1.82, 2.24) is 10.0 Å². The Labute approximate surface area is 132 Å². The van der Waals surface area contributed by atoms with Crippen LogP contribution in [0, 0.1) is 17.6 Å². The second-order valence-corrected chi connectivity index (χ2v) is 7.09. The maximum atomic E-state index is 13.1. The Morgan fingerprint density at radius 2 is 1.87 bits per heavy atom. The number of halogens is 2. The summed E-state index contributed by atoms with van der Waals surface area (Å²) in [6.45, 7) is 1.34. The summed E-state index contributed by atoms with van der Waals surface area (Å²) in [6.07, 6.45) is 2.43. The van der Waals surface area contributed by atoms with Crippen LogP contribution in [0.1, 0.15) is 26.2 Å². The molecule has 1 unspecified atom stereocenters. The first kappa shape index (κ1) is 17.3. The summed E-state index contributed by atoms with van der Waals surface area (Å²) in [7, 11) is -4.35. The first-order valence-electron chi connectivity index (χ1n) is 7.03. The molecule has 1 aliphatic rings. The molecule has 1 aromatic rings. The van der Waals surface area contributed by atoms with Gasteiger partial charge in [0.2, 0.25) is 5.91 Å². The van der Waals surface area contributed by atoms with Crippen molar-refractivity contribution in [2.45, 2.75) is 37.1 Å². The first-order valence-corrected chi connectivity index (χ1v) is 8.51. The Bertz CT molecular complexity index is 732. The van der Waals surface area contributed by atoms with Gasteiger partial charge in [-0.3, -0.25) is 9.59 Å². The van der Waals surface area contributed by atoms with E-state index in [-0.39, 0.29) is 11.8 Å². The minimum atomic E-state index is -4.35. The number of carbonyl (C=O) groups excluding carboxylic acids is 2. The molecule has 0 saturated heterocycles. The van der Waals surface area contributed by atoms with Crippen LogP contribution in [0.5, 0.6) is 0 Å². The van der Waals surface area contributed by atoms with Crippen molar-refractivity contribution in [2.24, 2.45) is 5.92 Å². The van der Waals surface area contributed by atoms with Crippen LogP contribution in [-0.4, -0.2) is 26.3 Å². The third-order valence-electron chi connectivity index (χ3n) is 3.66. The zero-order valence-electron chi connectivity index (χ0n) is 12.3. The van der Waals surface area contributed by atoms with Gasteiger partial charge in [0.1, 0.15) is 6.04 Å². The van der Waals surface area contributed by atoms with Gasteiger partial charge < -0.3 is 5.32 Å². The van der Waals surface area contributed by atoms with Crippen molar-refractivity contribution in [1.29, 1.82) is 0 Å². The van der Waals surface area contributed by atoms with Crippen LogP contribution in [0.4, 0.5) is 8.78 Å². The first-order chi connectivity index (χ1) is 10.7. The second kappa shape index (κ2) is 6.61. The predicted molar refractivity (Wildman–Crippen MR) is 76.6 cm³/mol. The minimum Gasteiger partial charge on any atom is -0.344 e. The Balaban J connectivity index is 2.02. The van der Waals surface area contributed by atoms with E-state index in [2.05, 4.69) is 5.32 Å². The molecular weight excluding hydrogens is 330 g/mol. The molecule has 1 saturated carbocycles. The van der Waals surface area contributed by atoms with E-state index in [1.165, 1.54) is 6.92 Å². The highest BCUT2D eigenvalue weighted by molar-refractivity contribution is 7.90. The van der Waals surface area contributed by atoms with E-state index in [1.807, 2.05) is 0 Å². The molecule has 0 heterocycles. The summed E-state index contributed by atoms with van der Waals surface area (Å²) < 4.78 is 51.6. The predicted octanol–water partition coefficient (Wildman–Crippen LogP) is 1.07. The van der Waals surface area contributed by atoms with Crippen LogP contribution in [0.25, 0.3) is 0 Å². The average molecular weight is 346 g/mol. The summed E-state index contributed by atoms with van der Waals surface area (Å²) >= 11 is 0. The standard InChI is InChI=1S/C14H16F2N2O4S/c1-8(17-14(20)9-3-2-4-9)13(19)18-23(21,22)10-5-6-11(15)12(16)7-10/h5-9H,2-4H2,1H3,(H,17,20)(H,18,19). The largest absolute Gasteiger partial charge is 0.344 e. The number of sulfonamides is 1. The number of carbonyl (C=O) groups is 2. The maximum absolute atomic E-state index is 13.1. The molecule has 1 atom stereocenters. The van der Waals surface area contributed by atoms with E-state index in [0.29, 0.717) is 12.1 Å². The van der Waals surface area contributed by atoms with Crippen molar-refractivity contribution in [3.05, 3.63) is 29.8 Å². The van der Waals surface area contributed by atoms with E-state index in [9.17, 15) is 26.8 Å². The molecule has 0 spiro atoms. The number of hydrogen-bond acceptors (Lipinski definition) is 4. The van der Waals surface area contributed by atoms with E-state index < -0.39 is 38.5 Å². The van der Waals surface area contributed by atoms with Crippen molar-refractivity contribution >= 4 is 21.8 Å². The van der Waals surface area contributed by atoms with E-state index >= 15 is 0 Å². The van der Waals surface area contributed by atoms with Gasteiger partial charge in [-0.15, -0.1) is 0 Å². The fourth-order valence-electron chi connectivity index (χ4n) is 1.99. The normalized spacial score (nSPS) is 16.3. The highest BCUT2D eigenvalue weighted by atomic mass is 32.2. The topological polar surface area (TPSA) is 92.3 Å². The third-order valence-corrected chi connectivity index (χ3v) is 5.01. The van der Waals surface area contributed by atoms with Gasteiger partial charge in [0.05, 0.1) is 4.90 Å². The summed E-state index contributed by atoms with van der Waals surface area (Å²) in [5.41, 5.74) is 0. The lowest BCUT2D eigenvalue weighted by Gasteiger charge is -2.25. The molecule has 0 bridgehead atoms. The third kappa shape index (κ3) is 4.04. The van der Waals surface area contributed by atoms with Crippen LogP contribution < -0.4 is 10.0 Å². The molecule has 9 heteroatoms. The molecule has 2 amide bonds. The molecular formula is C14H16F2N2O4S. The van der Waals surface area contributed by atoms with Gasteiger partial charge >= 0.3 is 0 Å². The van der Waals surface area contributed by atoms with E-state index in [0.717, 1.165) is 25.3 Å². The number of nitrogens with one attached hydrogen (secondary N) is 2.